The molecule has 1 aromatic rings. The Labute approximate surface area is 143 Å². The van der Waals surface area contributed by atoms with Gasteiger partial charge in [0.2, 0.25) is 5.91 Å². The molecular formula is C17H27ClN4O. The fraction of sp³-hybridized carbons (Fsp3) is 0.765. The molecule has 0 aromatic carbocycles. The van der Waals surface area contributed by atoms with Gasteiger partial charge in [-0.25, -0.2) is 0 Å². The Morgan fingerprint density at radius 2 is 2.17 bits per heavy atom. The molecule has 1 atom stereocenters. The molecule has 0 bridgehead atoms. The molecule has 0 unspecified atom stereocenters. The van der Waals surface area contributed by atoms with Crippen LogP contribution in [0.25, 0.3) is 0 Å². The van der Waals surface area contributed by atoms with Crippen LogP contribution in [0.5, 0.6) is 0 Å². The Hall–Kier alpha value is -1.07. The number of hydrogen-bond acceptors (Lipinski definition) is 3. The number of carbonyl (C=O) groups excluding carboxylic acids is 1. The van der Waals surface area contributed by atoms with Gasteiger partial charge in [-0.05, 0) is 38.1 Å². The molecule has 2 aliphatic rings. The second-order valence-electron chi connectivity index (χ2n) is 6.96. The Morgan fingerprint density at radius 1 is 1.39 bits per heavy atom. The number of halogens is 1. The molecular weight excluding hydrogens is 312 g/mol. The van der Waals surface area contributed by atoms with Crippen molar-refractivity contribution in [1.29, 1.82) is 0 Å². The van der Waals surface area contributed by atoms with E-state index in [2.05, 4.69) is 22.2 Å². The van der Waals surface area contributed by atoms with Crippen LogP contribution in [0.15, 0.2) is 0 Å². The van der Waals surface area contributed by atoms with E-state index in [0.29, 0.717) is 5.92 Å². The van der Waals surface area contributed by atoms with Crippen molar-refractivity contribution in [3.63, 3.8) is 0 Å². The van der Waals surface area contributed by atoms with Gasteiger partial charge in [0.15, 0.2) is 0 Å². The van der Waals surface area contributed by atoms with E-state index in [4.69, 9.17) is 11.6 Å². The molecule has 23 heavy (non-hydrogen) atoms. The van der Waals surface area contributed by atoms with E-state index in [9.17, 15) is 4.79 Å². The van der Waals surface area contributed by atoms with Crippen molar-refractivity contribution in [1.82, 2.24) is 20.0 Å². The lowest BCUT2D eigenvalue weighted by Gasteiger charge is -2.25. The minimum Gasteiger partial charge on any atom is -0.356 e. The summed E-state index contributed by atoms with van der Waals surface area (Å²) in [5.74, 6) is 1.10. The zero-order chi connectivity index (χ0) is 16.4. The van der Waals surface area contributed by atoms with Crippen molar-refractivity contribution in [3.8, 4) is 0 Å². The molecule has 128 valence electrons. The lowest BCUT2D eigenvalue weighted by Crippen LogP contribution is -2.37. The molecule has 1 amide bonds. The van der Waals surface area contributed by atoms with Gasteiger partial charge < -0.3 is 5.32 Å². The monoisotopic (exact) mass is 338 g/mol. The highest BCUT2D eigenvalue weighted by Gasteiger charge is 2.28. The second-order valence-corrected chi connectivity index (χ2v) is 7.31. The Bertz CT molecular complexity index is 567. The van der Waals surface area contributed by atoms with Gasteiger partial charge in [-0.2, -0.15) is 5.10 Å². The van der Waals surface area contributed by atoms with Gasteiger partial charge in [-0.1, -0.05) is 24.9 Å². The Kier molecular flexibility index (Phi) is 5.27. The maximum atomic E-state index is 11.9. The molecule has 1 N–H and O–H groups in total. The van der Waals surface area contributed by atoms with Gasteiger partial charge in [-0.3, -0.25) is 14.4 Å². The highest BCUT2D eigenvalue weighted by Crippen LogP contribution is 2.27. The van der Waals surface area contributed by atoms with E-state index < -0.39 is 0 Å². The lowest BCUT2D eigenvalue weighted by atomic mass is 9.85. The third-order valence-electron chi connectivity index (χ3n) is 5.28. The van der Waals surface area contributed by atoms with E-state index in [1.165, 1.54) is 6.42 Å². The summed E-state index contributed by atoms with van der Waals surface area (Å²) in [5.41, 5.74) is 2.26. The minimum atomic E-state index is 0.262. The number of aromatic nitrogens is 2. The first-order chi connectivity index (χ1) is 11.1. The van der Waals surface area contributed by atoms with Crippen molar-refractivity contribution in [2.45, 2.75) is 45.6 Å². The molecule has 1 aliphatic carbocycles. The van der Waals surface area contributed by atoms with Crippen LogP contribution in [0.2, 0.25) is 5.15 Å². The summed E-state index contributed by atoms with van der Waals surface area (Å²) in [6, 6.07) is 0. The minimum absolute atomic E-state index is 0.262. The van der Waals surface area contributed by atoms with Crippen LogP contribution in [0.1, 0.15) is 43.9 Å². The standard InChI is InChI=1S/C17H27ClN4O/c1-3-15-14(16(18)21(2)20-15)11-22-8-7-12(10-22)9-19-17(23)13-5-4-6-13/h12-13H,3-11H2,1-2H3,(H,19,23)/t12-/m0/s1. The predicted molar refractivity (Wildman–Crippen MR) is 91.3 cm³/mol. The summed E-state index contributed by atoms with van der Waals surface area (Å²) in [6.45, 7) is 5.89. The topological polar surface area (TPSA) is 50.2 Å². The van der Waals surface area contributed by atoms with Crippen LogP contribution >= 0.6 is 11.6 Å². The lowest BCUT2D eigenvalue weighted by molar-refractivity contribution is -0.127. The van der Waals surface area contributed by atoms with Crippen molar-refractivity contribution in [2.24, 2.45) is 18.9 Å². The third-order valence-corrected chi connectivity index (χ3v) is 5.75. The molecule has 2 fully saturated rings. The number of nitrogens with zero attached hydrogens (tertiary/aromatic N) is 3. The Morgan fingerprint density at radius 3 is 2.83 bits per heavy atom. The van der Waals surface area contributed by atoms with Crippen LogP contribution in [0.4, 0.5) is 0 Å². The van der Waals surface area contributed by atoms with E-state index in [0.717, 1.165) is 68.3 Å². The van der Waals surface area contributed by atoms with Gasteiger partial charge in [0.05, 0.1) is 5.69 Å². The molecule has 1 aromatic heterocycles. The first-order valence-electron chi connectivity index (χ1n) is 8.78. The zero-order valence-corrected chi connectivity index (χ0v) is 14.9. The maximum Gasteiger partial charge on any atom is 0.223 e. The SMILES string of the molecule is CCc1nn(C)c(Cl)c1CN1CC[C@@H](CNC(=O)C2CCC2)C1. The van der Waals surface area contributed by atoms with E-state index in [1.807, 2.05) is 7.05 Å². The molecule has 1 saturated carbocycles. The van der Waals surface area contributed by atoms with Gasteiger partial charge >= 0.3 is 0 Å². The molecule has 0 spiro atoms. The van der Waals surface area contributed by atoms with Crippen LogP contribution < -0.4 is 5.32 Å². The van der Waals surface area contributed by atoms with Gasteiger partial charge in [0.1, 0.15) is 5.15 Å². The number of carbonyl (C=O) groups is 1. The van der Waals surface area contributed by atoms with E-state index >= 15 is 0 Å². The van der Waals surface area contributed by atoms with Gasteiger partial charge in [-0.15, -0.1) is 0 Å². The number of rotatable bonds is 6. The fourth-order valence-electron chi connectivity index (χ4n) is 3.55. The number of aryl methyl sites for hydroxylation is 2. The summed E-state index contributed by atoms with van der Waals surface area (Å²) >= 11 is 6.38. The second kappa shape index (κ2) is 7.22. The first kappa shape index (κ1) is 16.8. The largest absolute Gasteiger partial charge is 0.356 e. The maximum absolute atomic E-state index is 11.9. The first-order valence-corrected chi connectivity index (χ1v) is 9.16. The molecule has 2 heterocycles. The van der Waals surface area contributed by atoms with E-state index in [1.54, 1.807) is 4.68 Å². The molecule has 5 nitrogen and oxygen atoms in total. The highest BCUT2D eigenvalue weighted by atomic mass is 35.5. The zero-order valence-electron chi connectivity index (χ0n) is 14.1. The Balaban J connectivity index is 1.49. The normalized spacial score (nSPS) is 22.3. The molecule has 6 heteroatoms. The predicted octanol–water partition coefficient (Wildman–Crippen LogP) is 2.37. The van der Waals surface area contributed by atoms with Crippen molar-refractivity contribution in [2.75, 3.05) is 19.6 Å². The third kappa shape index (κ3) is 3.72. The van der Waals surface area contributed by atoms with Crippen LogP contribution in [-0.2, 0) is 24.8 Å². The number of amides is 1. The smallest absolute Gasteiger partial charge is 0.223 e. The summed E-state index contributed by atoms with van der Waals surface area (Å²) in [6.07, 6.45) is 5.40. The average Bonchev–Trinajstić information content (AvgIpc) is 3.03. The van der Waals surface area contributed by atoms with Crippen molar-refractivity contribution in [3.05, 3.63) is 16.4 Å². The van der Waals surface area contributed by atoms with Crippen molar-refractivity contribution >= 4 is 17.5 Å². The van der Waals surface area contributed by atoms with Gasteiger partial charge in [0, 0.05) is 38.2 Å². The molecule has 1 aliphatic heterocycles. The summed E-state index contributed by atoms with van der Waals surface area (Å²) < 4.78 is 1.77. The van der Waals surface area contributed by atoms with Crippen LogP contribution in [-0.4, -0.2) is 40.2 Å². The molecule has 0 radical (unpaired) electrons. The summed E-state index contributed by atoms with van der Waals surface area (Å²) in [7, 11) is 1.90. The molecule has 3 rings (SSSR count). The van der Waals surface area contributed by atoms with Crippen molar-refractivity contribution < 1.29 is 4.79 Å². The fourth-order valence-corrected chi connectivity index (χ4v) is 3.75. The van der Waals surface area contributed by atoms with Crippen LogP contribution in [0.3, 0.4) is 0 Å². The molecule has 1 saturated heterocycles. The van der Waals surface area contributed by atoms with Gasteiger partial charge in [0.25, 0.3) is 0 Å². The van der Waals surface area contributed by atoms with Crippen LogP contribution in [0, 0.1) is 11.8 Å². The summed E-state index contributed by atoms with van der Waals surface area (Å²) in [4.78, 5) is 14.4. The average molecular weight is 339 g/mol. The summed E-state index contributed by atoms with van der Waals surface area (Å²) in [5, 5.41) is 8.38. The number of hydrogen-bond donors (Lipinski definition) is 1. The number of likely N-dealkylation sites (tertiary alicyclic amines) is 1. The quantitative estimate of drug-likeness (QED) is 0.866. The van der Waals surface area contributed by atoms with E-state index in [-0.39, 0.29) is 11.8 Å². The highest BCUT2D eigenvalue weighted by molar-refractivity contribution is 6.30. The number of nitrogens with one attached hydrogen (secondary N) is 1.